The Kier molecular flexibility index (Phi) is 4.95. The summed E-state index contributed by atoms with van der Waals surface area (Å²) in [7, 11) is 0. The maximum atomic E-state index is 5.24. The maximum Gasteiger partial charge on any atom is 0.0759 e. The molecule has 0 aromatic rings. The standard InChI is InChI=1S/C5H14N2O/c1-5(8-7)3-2-4-6/h5H,2-4,6-7H2,1H3. The molecule has 0 aromatic heterocycles. The van der Waals surface area contributed by atoms with Crippen LogP contribution in [0.15, 0.2) is 0 Å². The Labute approximate surface area is 49.9 Å². The Balaban J connectivity index is 2.86. The molecule has 0 bridgehead atoms. The maximum absolute atomic E-state index is 5.24. The number of hydrogen-bond acceptors (Lipinski definition) is 3. The summed E-state index contributed by atoms with van der Waals surface area (Å²) in [5.74, 6) is 4.87. The molecule has 1 atom stereocenters. The van der Waals surface area contributed by atoms with Gasteiger partial charge >= 0.3 is 0 Å². The van der Waals surface area contributed by atoms with E-state index >= 15 is 0 Å². The van der Waals surface area contributed by atoms with Crippen LogP contribution < -0.4 is 11.6 Å². The molecule has 0 heterocycles. The van der Waals surface area contributed by atoms with Crippen LogP contribution >= 0.6 is 0 Å². The molecule has 1 unspecified atom stereocenters. The lowest BCUT2D eigenvalue weighted by Crippen LogP contribution is -2.14. The van der Waals surface area contributed by atoms with Gasteiger partial charge in [0, 0.05) is 0 Å². The fourth-order valence-electron chi connectivity index (χ4n) is 0.473. The van der Waals surface area contributed by atoms with Crippen molar-refractivity contribution in [2.45, 2.75) is 25.9 Å². The van der Waals surface area contributed by atoms with Crippen LogP contribution in [0.1, 0.15) is 19.8 Å². The Morgan fingerprint density at radius 1 is 1.62 bits per heavy atom. The minimum Gasteiger partial charge on any atom is -0.330 e. The molecule has 0 aliphatic carbocycles. The molecule has 0 aromatic carbocycles. The molecule has 0 aliphatic heterocycles. The molecule has 0 saturated heterocycles. The second-order valence-electron chi connectivity index (χ2n) is 1.88. The summed E-state index contributed by atoms with van der Waals surface area (Å²) >= 11 is 0. The zero-order valence-electron chi connectivity index (χ0n) is 5.26. The second kappa shape index (κ2) is 5.03. The lowest BCUT2D eigenvalue weighted by atomic mass is 10.2. The first-order valence-corrected chi connectivity index (χ1v) is 2.87. The minimum atomic E-state index is 0.151. The molecule has 3 heteroatoms. The first-order valence-electron chi connectivity index (χ1n) is 2.87. The van der Waals surface area contributed by atoms with Crippen molar-refractivity contribution in [3.8, 4) is 0 Å². The van der Waals surface area contributed by atoms with Crippen molar-refractivity contribution in [2.75, 3.05) is 6.54 Å². The van der Waals surface area contributed by atoms with Gasteiger partial charge in [-0.2, -0.15) is 0 Å². The summed E-state index contributed by atoms with van der Waals surface area (Å²) in [5, 5.41) is 0. The first-order chi connectivity index (χ1) is 3.81. The molecule has 50 valence electrons. The van der Waals surface area contributed by atoms with Gasteiger partial charge in [0.15, 0.2) is 0 Å². The van der Waals surface area contributed by atoms with Gasteiger partial charge in [0.2, 0.25) is 0 Å². The van der Waals surface area contributed by atoms with Gasteiger partial charge in [0.25, 0.3) is 0 Å². The largest absolute Gasteiger partial charge is 0.330 e. The number of hydrogen-bond donors (Lipinski definition) is 2. The number of nitrogens with two attached hydrogens (primary N) is 2. The van der Waals surface area contributed by atoms with E-state index in [1.807, 2.05) is 6.92 Å². The summed E-state index contributed by atoms with van der Waals surface area (Å²) in [6.07, 6.45) is 2.09. The molecule has 4 N–H and O–H groups in total. The van der Waals surface area contributed by atoms with Gasteiger partial charge in [0.1, 0.15) is 0 Å². The zero-order chi connectivity index (χ0) is 6.41. The molecule has 0 rings (SSSR count). The van der Waals surface area contributed by atoms with Gasteiger partial charge in [-0.15, -0.1) is 0 Å². The van der Waals surface area contributed by atoms with E-state index in [-0.39, 0.29) is 6.10 Å². The SMILES string of the molecule is CC(CCCN)ON. The van der Waals surface area contributed by atoms with Crippen molar-refractivity contribution in [1.82, 2.24) is 0 Å². The highest BCUT2D eigenvalue weighted by molar-refractivity contribution is 4.48. The van der Waals surface area contributed by atoms with E-state index in [0.29, 0.717) is 6.54 Å². The van der Waals surface area contributed by atoms with Crippen LogP contribution in [0.5, 0.6) is 0 Å². The summed E-state index contributed by atoms with van der Waals surface area (Å²) < 4.78 is 0. The minimum absolute atomic E-state index is 0.151. The highest BCUT2D eigenvalue weighted by Crippen LogP contribution is 1.95. The monoisotopic (exact) mass is 118 g/mol. The molecule has 0 aliphatic rings. The third-order valence-electron chi connectivity index (χ3n) is 1.05. The van der Waals surface area contributed by atoms with E-state index in [4.69, 9.17) is 11.6 Å². The van der Waals surface area contributed by atoms with Gasteiger partial charge < -0.3 is 10.6 Å². The Morgan fingerprint density at radius 2 is 2.25 bits per heavy atom. The van der Waals surface area contributed by atoms with Gasteiger partial charge in [-0.1, -0.05) is 0 Å². The van der Waals surface area contributed by atoms with Crippen LogP contribution in [0.4, 0.5) is 0 Å². The van der Waals surface area contributed by atoms with Crippen molar-refractivity contribution in [1.29, 1.82) is 0 Å². The van der Waals surface area contributed by atoms with Crippen LogP contribution in [0, 0.1) is 0 Å². The molecule has 0 radical (unpaired) electrons. The molecule has 8 heavy (non-hydrogen) atoms. The molecular weight excluding hydrogens is 104 g/mol. The van der Waals surface area contributed by atoms with E-state index in [1.165, 1.54) is 0 Å². The second-order valence-corrected chi connectivity index (χ2v) is 1.88. The summed E-state index contributed by atoms with van der Waals surface area (Å²) in [6.45, 7) is 2.64. The summed E-state index contributed by atoms with van der Waals surface area (Å²) in [6, 6.07) is 0. The zero-order valence-corrected chi connectivity index (χ0v) is 5.26. The Hall–Kier alpha value is -0.120. The van der Waals surface area contributed by atoms with E-state index in [9.17, 15) is 0 Å². The van der Waals surface area contributed by atoms with Gasteiger partial charge in [-0.3, -0.25) is 0 Å². The lowest BCUT2D eigenvalue weighted by molar-refractivity contribution is 0.0598. The smallest absolute Gasteiger partial charge is 0.0759 e. The van der Waals surface area contributed by atoms with Crippen LogP contribution in [0.25, 0.3) is 0 Å². The topological polar surface area (TPSA) is 61.3 Å². The third kappa shape index (κ3) is 4.05. The van der Waals surface area contributed by atoms with Crippen molar-refractivity contribution in [2.24, 2.45) is 11.6 Å². The predicted octanol–water partition coefficient (Wildman–Crippen LogP) is 0.00410. The van der Waals surface area contributed by atoms with Crippen LogP contribution in [-0.4, -0.2) is 12.6 Å². The van der Waals surface area contributed by atoms with E-state index < -0.39 is 0 Å². The normalized spacial score (nSPS) is 13.9. The van der Waals surface area contributed by atoms with E-state index in [2.05, 4.69) is 4.84 Å². The lowest BCUT2D eigenvalue weighted by Gasteiger charge is -2.05. The Bertz CT molecular complexity index is 49.7. The highest BCUT2D eigenvalue weighted by Gasteiger charge is 1.96. The van der Waals surface area contributed by atoms with E-state index in [1.54, 1.807) is 0 Å². The van der Waals surface area contributed by atoms with Crippen molar-refractivity contribution >= 4 is 0 Å². The quantitative estimate of drug-likeness (QED) is 0.511. The fourth-order valence-corrected chi connectivity index (χ4v) is 0.473. The first kappa shape index (κ1) is 7.88. The van der Waals surface area contributed by atoms with E-state index in [0.717, 1.165) is 12.8 Å². The van der Waals surface area contributed by atoms with Crippen LogP contribution in [0.3, 0.4) is 0 Å². The predicted molar refractivity (Wildman–Crippen MR) is 33.0 cm³/mol. The van der Waals surface area contributed by atoms with Crippen LogP contribution in [0.2, 0.25) is 0 Å². The fraction of sp³-hybridized carbons (Fsp3) is 1.00. The Morgan fingerprint density at radius 3 is 2.62 bits per heavy atom. The van der Waals surface area contributed by atoms with Crippen molar-refractivity contribution in [3.05, 3.63) is 0 Å². The molecule has 0 amide bonds. The third-order valence-corrected chi connectivity index (χ3v) is 1.05. The van der Waals surface area contributed by atoms with Crippen molar-refractivity contribution in [3.63, 3.8) is 0 Å². The van der Waals surface area contributed by atoms with Gasteiger partial charge in [-0.25, -0.2) is 5.90 Å². The summed E-state index contributed by atoms with van der Waals surface area (Å²) in [5.41, 5.74) is 5.24. The summed E-state index contributed by atoms with van der Waals surface area (Å²) in [4.78, 5) is 4.50. The average molecular weight is 118 g/mol. The average Bonchev–Trinajstić information content (AvgIpc) is 1.83. The van der Waals surface area contributed by atoms with Gasteiger partial charge in [0.05, 0.1) is 6.10 Å². The van der Waals surface area contributed by atoms with Gasteiger partial charge in [-0.05, 0) is 26.3 Å². The van der Waals surface area contributed by atoms with Crippen LogP contribution in [-0.2, 0) is 4.84 Å². The molecule has 0 fully saturated rings. The molecular formula is C5H14N2O. The molecule has 0 saturated carbocycles. The molecule has 3 nitrogen and oxygen atoms in total. The number of rotatable bonds is 4. The van der Waals surface area contributed by atoms with Crippen molar-refractivity contribution < 1.29 is 4.84 Å². The highest BCUT2D eigenvalue weighted by atomic mass is 16.6. The molecule has 0 spiro atoms.